The van der Waals surface area contributed by atoms with Crippen LogP contribution in [0.25, 0.3) is 0 Å². The van der Waals surface area contributed by atoms with E-state index >= 15 is 0 Å². The standard InChI is InChI=1S/C12H11ClN4O4S2/c1-7(11-4-5-12(13)22-11)15-16-9-3-2-8(23(14,20)21)6-10(9)17(18)19/h2-6,16H,1H3,(H2,14,20,21)/b15-7+. The number of hydrogen-bond donors (Lipinski definition) is 2. The third-order valence-electron chi connectivity index (χ3n) is 2.77. The summed E-state index contributed by atoms with van der Waals surface area (Å²) in [7, 11) is -4.03. The maximum Gasteiger partial charge on any atom is 0.295 e. The number of nitrogens with two attached hydrogens (primary N) is 1. The second kappa shape index (κ2) is 6.62. The van der Waals surface area contributed by atoms with Crippen LogP contribution in [0.2, 0.25) is 4.34 Å². The average Bonchev–Trinajstić information content (AvgIpc) is 2.90. The van der Waals surface area contributed by atoms with E-state index in [0.717, 1.165) is 17.0 Å². The summed E-state index contributed by atoms with van der Waals surface area (Å²) >= 11 is 7.15. The lowest BCUT2D eigenvalue weighted by Crippen LogP contribution is -2.12. The number of sulfonamides is 1. The predicted octanol–water partition coefficient (Wildman–Crippen LogP) is 2.79. The van der Waals surface area contributed by atoms with Crippen molar-refractivity contribution in [2.45, 2.75) is 11.8 Å². The second-order valence-corrected chi connectivity index (χ2v) is 7.67. The first-order valence-electron chi connectivity index (χ1n) is 6.06. The zero-order valence-electron chi connectivity index (χ0n) is 11.7. The number of halogens is 1. The Hall–Kier alpha value is -2.01. The van der Waals surface area contributed by atoms with Crippen molar-refractivity contribution in [3.8, 4) is 0 Å². The molecule has 0 aliphatic heterocycles. The zero-order valence-corrected chi connectivity index (χ0v) is 14.1. The molecule has 2 aromatic rings. The molecule has 0 radical (unpaired) electrons. The van der Waals surface area contributed by atoms with Crippen LogP contribution in [0.1, 0.15) is 11.8 Å². The van der Waals surface area contributed by atoms with E-state index in [9.17, 15) is 18.5 Å². The van der Waals surface area contributed by atoms with Gasteiger partial charge in [0, 0.05) is 6.07 Å². The first-order chi connectivity index (χ1) is 10.7. The average molecular weight is 375 g/mol. The highest BCUT2D eigenvalue weighted by atomic mass is 35.5. The minimum atomic E-state index is -4.03. The molecule has 0 saturated carbocycles. The fourth-order valence-corrected chi connectivity index (χ4v) is 3.16. The van der Waals surface area contributed by atoms with E-state index in [0.29, 0.717) is 10.0 Å². The summed E-state index contributed by atoms with van der Waals surface area (Å²) < 4.78 is 23.1. The third-order valence-corrected chi connectivity index (χ3v) is 5.02. The summed E-state index contributed by atoms with van der Waals surface area (Å²) in [5.74, 6) is 0. The van der Waals surface area contributed by atoms with Gasteiger partial charge in [0.1, 0.15) is 5.69 Å². The monoisotopic (exact) mass is 374 g/mol. The number of anilines is 1. The number of benzene rings is 1. The van der Waals surface area contributed by atoms with Crippen LogP contribution in [0.15, 0.2) is 40.3 Å². The van der Waals surface area contributed by atoms with E-state index in [-0.39, 0.29) is 10.6 Å². The lowest BCUT2D eigenvalue weighted by atomic mass is 10.3. The van der Waals surface area contributed by atoms with E-state index in [1.165, 1.54) is 17.4 Å². The number of nitrogens with one attached hydrogen (secondary N) is 1. The molecule has 0 amide bonds. The van der Waals surface area contributed by atoms with Gasteiger partial charge in [-0.2, -0.15) is 5.10 Å². The topological polar surface area (TPSA) is 128 Å². The van der Waals surface area contributed by atoms with Crippen LogP contribution in [0, 0.1) is 10.1 Å². The fourth-order valence-electron chi connectivity index (χ4n) is 1.64. The minimum absolute atomic E-state index is 0.0457. The Morgan fingerprint density at radius 2 is 2.09 bits per heavy atom. The lowest BCUT2D eigenvalue weighted by molar-refractivity contribution is -0.384. The van der Waals surface area contributed by atoms with Gasteiger partial charge in [0.05, 0.1) is 24.7 Å². The number of rotatable bonds is 5. The number of hydrazone groups is 1. The van der Waals surface area contributed by atoms with Crippen LogP contribution in [-0.4, -0.2) is 19.1 Å². The van der Waals surface area contributed by atoms with Gasteiger partial charge in [-0.3, -0.25) is 15.5 Å². The number of thiophene rings is 1. The van der Waals surface area contributed by atoms with Gasteiger partial charge in [-0.05, 0) is 31.2 Å². The molecule has 3 N–H and O–H groups in total. The van der Waals surface area contributed by atoms with E-state index in [2.05, 4.69) is 10.5 Å². The molecular formula is C12H11ClN4O4S2. The number of nitro groups is 1. The summed E-state index contributed by atoms with van der Waals surface area (Å²) in [4.78, 5) is 10.8. The molecular weight excluding hydrogens is 364 g/mol. The van der Waals surface area contributed by atoms with Crippen molar-refractivity contribution in [2.75, 3.05) is 5.43 Å². The minimum Gasteiger partial charge on any atom is -0.271 e. The Kier molecular flexibility index (Phi) is 5.00. The molecule has 122 valence electrons. The van der Waals surface area contributed by atoms with Crippen molar-refractivity contribution in [1.29, 1.82) is 0 Å². The van der Waals surface area contributed by atoms with Crippen molar-refractivity contribution in [2.24, 2.45) is 10.2 Å². The van der Waals surface area contributed by atoms with Gasteiger partial charge in [0.25, 0.3) is 5.69 Å². The normalized spacial score (nSPS) is 12.2. The molecule has 23 heavy (non-hydrogen) atoms. The van der Waals surface area contributed by atoms with Gasteiger partial charge in [-0.25, -0.2) is 13.6 Å². The highest BCUT2D eigenvalue weighted by molar-refractivity contribution is 7.89. The Morgan fingerprint density at radius 3 is 2.61 bits per heavy atom. The van der Waals surface area contributed by atoms with Crippen molar-refractivity contribution in [1.82, 2.24) is 0 Å². The van der Waals surface area contributed by atoms with Crippen LogP contribution >= 0.6 is 22.9 Å². The second-order valence-electron chi connectivity index (χ2n) is 4.39. The Labute approximate surface area is 140 Å². The van der Waals surface area contributed by atoms with Crippen LogP contribution in [0.5, 0.6) is 0 Å². The molecule has 0 aliphatic carbocycles. The SMILES string of the molecule is C/C(=N\Nc1ccc(S(N)(=O)=O)cc1[N+](=O)[O-])c1ccc(Cl)s1. The molecule has 0 aliphatic rings. The molecule has 2 rings (SSSR count). The molecule has 0 saturated heterocycles. The zero-order chi connectivity index (χ0) is 17.2. The Balaban J connectivity index is 2.34. The molecule has 1 aromatic carbocycles. The van der Waals surface area contributed by atoms with Gasteiger partial charge in [-0.1, -0.05) is 11.6 Å². The molecule has 8 nitrogen and oxygen atoms in total. The van der Waals surface area contributed by atoms with Crippen LogP contribution in [0.3, 0.4) is 0 Å². The number of hydrogen-bond acceptors (Lipinski definition) is 7. The van der Waals surface area contributed by atoms with E-state index in [1.807, 2.05) is 0 Å². The quantitative estimate of drug-likeness (QED) is 0.472. The summed E-state index contributed by atoms with van der Waals surface area (Å²) in [6, 6.07) is 6.76. The van der Waals surface area contributed by atoms with Gasteiger partial charge in [0.2, 0.25) is 10.0 Å². The van der Waals surface area contributed by atoms with Gasteiger partial charge in [0.15, 0.2) is 0 Å². The van der Waals surface area contributed by atoms with Crippen LogP contribution in [0.4, 0.5) is 11.4 Å². The van der Waals surface area contributed by atoms with Crippen molar-refractivity contribution < 1.29 is 13.3 Å². The largest absolute Gasteiger partial charge is 0.295 e. The van der Waals surface area contributed by atoms with Crippen LogP contribution in [-0.2, 0) is 10.0 Å². The number of nitrogens with zero attached hydrogens (tertiary/aromatic N) is 2. The summed E-state index contributed by atoms with van der Waals surface area (Å²) in [5.41, 5.74) is 2.73. The van der Waals surface area contributed by atoms with Gasteiger partial charge >= 0.3 is 0 Å². The number of nitro benzene ring substituents is 1. The van der Waals surface area contributed by atoms with Gasteiger partial charge < -0.3 is 0 Å². The molecule has 11 heteroatoms. The first kappa shape index (κ1) is 17.3. The molecule has 0 spiro atoms. The van der Waals surface area contributed by atoms with Crippen LogP contribution < -0.4 is 10.6 Å². The predicted molar refractivity (Wildman–Crippen MR) is 89.6 cm³/mol. The summed E-state index contributed by atoms with van der Waals surface area (Å²) in [5, 5.41) is 20.1. The highest BCUT2D eigenvalue weighted by Crippen LogP contribution is 2.28. The van der Waals surface area contributed by atoms with E-state index in [4.69, 9.17) is 16.7 Å². The molecule has 0 atom stereocenters. The maximum atomic E-state index is 11.3. The first-order valence-corrected chi connectivity index (χ1v) is 8.80. The Bertz CT molecular complexity index is 892. The molecule has 0 bridgehead atoms. The smallest absolute Gasteiger partial charge is 0.271 e. The van der Waals surface area contributed by atoms with Crippen molar-refractivity contribution >= 4 is 50.0 Å². The molecule has 0 fully saturated rings. The van der Waals surface area contributed by atoms with E-state index in [1.54, 1.807) is 19.1 Å². The Morgan fingerprint density at radius 1 is 1.39 bits per heavy atom. The molecule has 0 unspecified atom stereocenters. The summed E-state index contributed by atoms with van der Waals surface area (Å²) in [6.07, 6.45) is 0. The van der Waals surface area contributed by atoms with Crippen molar-refractivity contribution in [3.63, 3.8) is 0 Å². The summed E-state index contributed by atoms with van der Waals surface area (Å²) in [6.45, 7) is 1.71. The highest BCUT2D eigenvalue weighted by Gasteiger charge is 2.19. The fraction of sp³-hybridized carbons (Fsp3) is 0.0833. The lowest BCUT2D eigenvalue weighted by Gasteiger charge is -2.05. The molecule has 1 aromatic heterocycles. The third kappa shape index (κ3) is 4.26. The number of primary sulfonamides is 1. The maximum absolute atomic E-state index is 11.3. The van der Waals surface area contributed by atoms with E-state index < -0.39 is 20.6 Å². The van der Waals surface area contributed by atoms with Crippen molar-refractivity contribution in [3.05, 3.63) is 49.7 Å². The molecule has 1 heterocycles. The van der Waals surface area contributed by atoms with Gasteiger partial charge in [-0.15, -0.1) is 11.3 Å².